The summed E-state index contributed by atoms with van der Waals surface area (Å²) in [6, 6.07) is 0. The molecule has 0 saturated heterocycles. The lowest BCUT2D eigenvalue weighted by Crippen LogP contribution is -2.50. The van der Waals surface area contributed by atoms with E-state index in [0.717, 1.165) is 0 Å². The van der Waals surface area contributed by atoms with Gasteiger partial charge in [0.1, 0.15) is 0 Å². The van der Waals surface area contributed by atoms with Crippen LogP contribution >= 0.6 is 0 Å². The minimum atomic E-state index is -2.47. The second-order valence-electron chi connectivity index (χ2n) is 10.7. The molecule has 1 rings (SSSR count). The normalized spacial score (nSPS) is 11.4. The van der Waals surface area contributed by atoms with Gasteiger partial charge in [-0.25, -0.2) is 22.0 Å². The van der Waals surface area contributed by atoms with Crippen LogP contribution in [-0.4, -0.2) is 36.6 Å². The zero-order chi connectivity index (χ0) is 29.7. The lowest BCUT2D eigenvalue weighted by Gasteiger charge is -2.39. The quantitative estimate of drug-likeness (QED) is 0.0491. The van der Waals surface area contributed by atoms with E-state index < -0.39 is 40.6 Å². The molecule has 0 radical (unpaired) electrons. The van der Waals surface area contributed by atoms with Gasteiger partial charge in [-0.2, -0.15) is 0 Å². The molecule has 0 bridgehead atoms. The van der Waals surface area contributed by atoms with Crippen molar-refractivity contribution in [2.24, 2.45) is 0 Å². The van der Waals surface area contributed by atoms with Crippen LogP contribution < -0.4 is 5.11 Å². The van der Waals surface area contributed by atoms with Gasteiger partial charge in [-0.15, -0.1) is 0 Å². The Hall–Kier alpha value is -1.70. The number of hydrogen-bond acceptors (Lipinski definition) is 2. The van der Waals surface area contributed by atoms with E-state index in [1.165, 1.54) is 133 Å². The number of carboxylic acids is 1. The molecule has 0 aliphatic carbocycles. The zero-order valence-corrected chi connectivity index (χ0v) is 24.8. The smallest absolute Gasteiger partial charge is 0.200 e. The number of carbonyl (C=O) groups is 1. The Balaban J connectivity index is 0.000000864. The highest BCUT2D eigenvalue weighted by Gasteiger charge is 2.27. The summed E-state index contributed by atoms with van der Waals surface area (Å²) < 4.78 is 63.4. The fourth-order valence-electron chi connectivity index (χ4n) is 4.95. The van der Waals surface area contributed by atoms with Gasteiger partial charge >= 0.3 is 0 Å². The standard InChI is InChI=1S/C24H52N.C7HF5O2/c1-5-9-13-17-21-25(22-18-14-10-6-2,23-19-15-11-7-3)24-20-16-12-8-4;8-2-1(7(13)14)3(9)5(11)6(12)4(2)10/h5-24H2,1-4H3;(H,13,14)/q+1;/p-1. The van der Waals surface area contributed by atoms with Crippen LogP contribution in [0.15, 0.2) is 0 Å². The molecule has 8 heteroatoms. The van der Waals surface area contributed by atoms with Gasteiger partial charge in [0.05, 0.1) is 37.7 Å². The number of unbranched alkanes of at least 4 members (excludes halogenated alkanes) is 12. The molecule has 0 heterocycles. The van der Waals surface area contributed by atoms with E-state index in [4.69, 9.17) is 0 Å². The SMILES string of the molecule is CCCCCC[N+](CCCCCC)(CCCCCC)CCCCCC.O=C([O-])c1c(F)c(F)c(F)c(F)c1F. The van der Waals surface area contributed by atoms with Crippen molar-refractivity contribution in [1.82, 2.24) is 0 Å². The van der Waals surface area contributed by atoms with Crippen molar-refractivity contribution in [3.8, 4) is 0 Å². The van der Waals surface area contributed by atoms with Crippen molar-refractivity contribution in [2.75, 3.05) is 26.2 Å². The Bertz CT molecular complexity index is 721. The topological polar surface area (TPSA) is 40.1 Å². The summed E-state index contributed by atoms with van der Waals surface area (Å²) in [5.41, 5.74) is -1.97. The van der Waals surface area contributed by atoms with Gasteiger partial charge in [0, 0.05) is 0 Å². The number of carbonyl (C=O) groups excluding carboxylic acids is 1. The van der Waals surface area contributed by atoms with Crippen LogP contribution in [0.3, 0.4) is 0 Å². The molecule has 0 N–H and O–H groups in total. The van der Waals surface area contributed by atoms with E-state index in [0.29, 0.717) is 0 Å². The lowest BCUT2D eigenvalue weighted by atomic mass is 10.1. The van der Waals surface area contributed by atoms with Crippen molar-refractivity contribution in [3.05, 3.63) is 34.6 Å². The van der Waals surface area contributed by atoms with Crippen LogP contribution in [0, 0.1) is 29.1 Å². The molecule has 0 aliphatic rings. The summed E-state index contributed by atoms with van der Waals surface area (Å²) in [7, 11) is 0. The summed E-state index contributed by atoms with van der Waals surface area (Å²) >= 11 is 0. The second kappa shape index (κ2) is 22.0. The van der Waals surface area contributed by atoms with Gasteiger partial charge in [-0.3, -0.25) is 0 Å². The van der Waals surface area contributed by atoms with E-state index in [1.807, 2.05) is 0 Å². The number of nitrogens with zero attached hydrogens (tertiary/aromatic N) is 1. The highest BCUT2D eigenvalue weighted by atomic mass is 19.2. The number of halogens is 5. The maximum atomic E-state index is 12.5. The maximum Gasteiger partial charge on any atom is 0.200 e. The Morgan fingerprint density at radius 3 is 0.974 bits per heavy atom. The number of quaternary nitrogens is 1. The van der Waals surface area contributed by atoms with E-state index in [2.05, 4.69) is 27.7 Å². The third-order valence-electron chi connectivity index (χ3n) is 7.36. The summed E-state index contributed by atoms with van der Waals surface area (Å²) in [6.45, 7) is 15.2. The molecule has 0 spiro atoms. The molecule has 0 saturated carbocycles. The van der Waals surface area contributed by atoms with Crippen LogP contribution in [0.5, 0.6) is 0 Å². The average molecular weight is 566 g/mol. The minimum absolute atomic E-state index is 1.36. The van der Waals surface area contributed by atoms with Crippen molar-refractivity contribution < 1.29 is 36.3 Å². The molecule has 0 unspecified atom stereocenters. The fraction of sp³-hybridized carbons (Fsp3) is 0.774. The van der Waals surface area contributed by atoms with Gasteiger partial charge in [-0.1, -0.05) is 79.1 Å². The molecule has 0 atom stereocenters. The van der Waals surface area contributed by atoms with Gasteiger partial charge < -0.3 is 14.4 Å². The van der Waals surface area contributed by atoms with Crippen LogP contribution in [0.2, 0.25) is 0 Å². The maximum absolute atomic E-state index is 12.5. The number of hydrogen-bond donors (Lipinski definition) is 0. The highest BCUT2D eigenvalue weighted by Crippen LogP contribution is 2.22. The molecular weight excluding hydrogens is 513 g/mol. The first-order chi connectivity index (χ1) is 18.6. The number of benzene rings is 1. The van der Waals surface area contributed by atoms with Crippen LogP contribution in [0.4, 0.5) is 22.0 Å². The first-order valence-electron chi connectivity index (χ1n) is 15.2. The van der Waals surface area contributed by atoms with Crippen LogP contribution in [0.1, 0.15) is 141 Å². The molecule has 3 nitrogen and oxygen atoms in total. The Morgan fingerprint density at radius 1 is 0.487 bits per heavy atom. The van der Waals surface area contributed by atoms with Crippen molar-refractivity contribution in [1.29, 1.82) is 0 Å². The van der Waals surface area contributed by atoms with Crippen LogP contribution in [-0.2, 0) is 0 Å². The van der Waals surface area contributed by atoms with Gasteiger partial charge in [0.15, 0.2) is 23.3 Å². The lowest BCUT2D eigenvalue weighted by molar-refractivity contribution is -0.929. The van der Waals surface area contributed by atoms with Crippen molar-refractivity contribution in [3.63, 3.8) is 0 Å². The number of carboxylic acid groups (broad SMARTS) is 1. The third-order valence-corrected chi connectivity index (χ3v) is 7.36. The first kappa shape index (κ1) is 37.3. The van der Waals surface area contributed by atoms with Gasteiger partial charge in [0.2, 0.25) is 5.82 Å². The van der Waals surface area contributed by atoms with Gasteiger partial charge in [-0.05, 0) is 51.4 Å². The number of rotatable bonds is 21. The van der Waals surface area contributed by atoms with E-state index >= 15 is 0 Å². The monoisotopic (exact) mass is 565 g/mol. The third kappa shape index (κ3) is 14.5. The molecule has 0 aromatic heterocycles. The molecule has 1 aromatic carbocycles. The summed E-state index contributed by atoms with van der Waals surface area (Å²) in [4.78, 5) is 10.0. The molecule has 39 heavy (non-hydrogen) atoms. The predicted molar refractivity (Wildman–Crippen MR) is 147 cm³/mol. The molecule has 0 aliphatic heterocycles. The Kier molecular flexibility index (Phi) is 21.1. The second-order valence-corrected chi connectivity index (χ2v) is 10.7. The molecule has 0 amide bonds. The molecule has 1 aromatic rings. The highest BCUT2D eigenvalue weighted by molar-refractivity contribution is 5.86. The number of aromatic carboxylic acids is 1. The van der Waals surface area contributed by atoms with E-state index in [-0.39, 0.29) is 0 Å². The average Bonchev–Trinajstić information content (AvgIpc) is 2.92. The molecule has 228 valence electrons. The fourth-order valence-corrected chi connectivity index (χ4v) is 4.95. The summed E-state index contributed by atoms with van der Waals surface area (Å²) in [6.07, 6.45) is 22.8. The first-order valence-corrected chi connectivity index (χ1v) is 15.2. The minimum Gasteiger partial charge on any atom is -0.545 e. The van der Waals surface area contributed by atoms with E-state index in [1.54, 1.807) is 0 Å². The Morgan fingerprint density at radius 2 is 0.744 bits per heavy atom. The molecular formula is C31H52F5NO2. The van der Waals surface area contributed by atoms with E-state index in [9.17, 15) is 31.9 Å². The molecule has 0 fully saturated rings. The van der Waals surface area contributed by atoms with Crippen LogP contribution in [0.25, 0.3) is 0 Å². The largest absolute Gasteiger partial charge is 0.545 e. The van der Waals surface area contributed by atoms with Crippen molar-refractivity contribution in [2.45, 2.75) is 130 Å². The van der Waals surface area contributed by atoms with Crippen molar-refractivity contribution >= 4 is 5.97 Å². The Labute approximate surface area is 233 Å². The zero-order valence-electron chi connectivity index (χ0n) is 24.8. The summed E-state index contributed by atoms with van der Waals surface area (Å²) in [5, 5.41) is 10.0. The van der Waals surface area contributed by atoms with Gasteiger partial charge in [0.25, 0.3) is 0 Å². The summed E-state index contributed by atoms with van der Waals surface area (Å²) in [5.74, 6) is -14.4. The predicted octanol–water partition coefficient (Wildman–Crippen LogP) is 8.87.